The highest BCUT2D eigenvalue weighted by atomic mass is 32.2. The van der Waals surface area contributed by atoms with E-state index >= 15 is 0 Å². The lowest BCUT2D eigenvalue weighted by molar-refractivity contribution is 0.138. The topological polar surface area (TPSA) is 69.6 Å². The fraction of sp³-hybridized carbons (Fsp3) is 0.571. The molecule has 2 N–H and O–H groups in total. The summed E-state index contributed by atoms with van der Waals surface area (Å²) in [6, 6.07) is 6.93. The van der Waals surface area contributed by atoms with E-state index in [1.807, 2.05) is 20.0 Å². The molecule has 0 fully saturated rings. The molecular formula is C14H24N2O3S. The van der Waals surface area contributed by atoms with Gasteiger partial charge in [0.2, 0.25) is 10.0 Å². The average molecular weight is 300 g/mol. The zero-order chi connectivity index (χ0) is 15.6. The zero-order valence-electron chi connectivity index (χ0n) is 12.7. The number of likely N-dealkylation sites (N-methyl/N-ethyl adjacent to an activating group) is 1. The summed E-state index contributed by atoms with van der Waals surface area (Å²) >= 11 is 0. The number of rotatable bonds is 6. The Morgan fingerprint density at radius 3 is 2.50 bits per heavy atom. The summed E-state index contributed by atoms with van der Waals surface area (Å²) in [5, 5.41) is 12.4. The molecule has 0 amide bonds. The maximum atomic E-state index is 12.6. The summed E-state index contributed by atoms with van der Waals surface area (Å²) in [5.41, 5.74) is 0.0625. The van der Waals surface area contributed by atoms with Gasteiger partial charge in [0.1, 0.15) is 0 Å². The number of nitrogens with one attached hydrogen (secondary N) is 1. The largest absolute Gasteiger partial charge is 0.394 e. The predicted octanol–water partition coefficient (Wildman–Crippen LogP) is 1.36. The summed E-state index contributed by atoms with van der Waals surface area (Å²) in [7, 11) is -0.315. The molecule has 0 bridgehead atoms. The predicted molar refractivity (Wildman–Crippen MR) is 80.0 cm³/mol. The molecule has 6 heteroatoms. The van der Waals surface area contributed by atoms with Gasteiger partial charge in [-0.25, -0.2) is 8.42 Å². The summed E-state index contributed by atoms with van der Waals surface area (Å²) in [6.45, 7) is 5.09. The van der Waals surface area contributed by atoms with Crippen LogP contribution in [0.15, 0.2) is 29.2 Å². The highest BCUT2D eigenvalue weighted by Crippen LogP contribution is 2.24. The van der Waals surface area contributed by atoms with Crippen molar-refractivity contribution in [2.75, 3.05) is 20.7 Å². The van der Waals surface area contributed by atoms with Gasteiger partial charge < -0.3 is 10.4 Å². The van der Waals surface area contributed by atoms with Crippen molar-refractivity contribution in [2.24, 2.45) is 0 Å². The van der Waals surface area contributed by atoms with Gasteiger partial charge in [0.25, 0.3) is 0 Å². The molecule has 5 nitrogen and oxygen atoms in total. The smallest absolute Gasteiger partial charge is 0.243 e. The second-order valence-electron chi connectivity index (χ2n) is 5.53. The van der Waals surface area contributed by atoms with E-state index in [1.165, 1.54) is 11.4 Å². The van der Waals surface area contributed by atoms with E-state index < -0.39 is 15.6 Å². The van der Waals surface area contributed by atoms with E-state index in [9.17, 15) is 13.5 Å². The van der Waals surface area contributed by atoms with Gasteiger partial charge in [0.15, 0.2) is 0 Å². The molecule has 0 heterocycles. The van der Waals surface area contributed by atoms with Crippen molar-refractivity contribution in [1.29, 1.82) is 0 Å². The highest BCUT2D eigenvalue weighted by molar-refractivity contribution is 7.89. The number of sulfonamides is 1. The van der Waals surface area contributed by atoms with Crippen LogP contribution >= 0.6 is 0 Å². The molecule has 0 saturated carbocycles. The Balaban J connectivity index is 3.23. The summed E-state index contributed by atoms with van der Waals surface area (Å²) in [5.74, 6) is 0. The van der Waals surface area contributed by atoms with Gasteiger partial charge in [0, 0.05) is 13.1 Å². The van der Waals surface area contributed by atoms with Crippen LogP contribution in [0, 0.1) is 0 Å². The Morgan fingerprint density at radius 1 is 1.40 bits per heavy atom. The zero-order valence-corrected chi connectivity index (χ0v) is 13.5. The molecule has 0 aliphatic heterocycles. The Hall–Kier alpha value is -0.950. The minimum atomic E-state index is -3.63. The number of hydrogen-bond acceptors (Lipinski definition) is 4. The first-order chi connectivity index (χ1) is 9.16. The van der Waals surface area contributed by atoms with E-state index in [1.54, 1.807) is 32.0 Å². The fourth-order valence-corrected chi connectivity index (χ4v) is 3.25. The number of nitrogens with zero attached hydrogens (tertiary/aromatic N) is 1. The molecule has 114 valence electrons. The monoisotopic (exact) mass is 300 g/mol. The van der Waals surface area contributed by atoms with Crippen LogP contribution in [0.25, 0.3) is 0 Å². The van der Waals surface area contributed by atoms with Crippen LogP contribution in [0.4, 0.5) is 0 Å². The lowest BCUT2D eigenvalue weighted by atomic mass is 10.1. The van der Waals surface area contributed by atoms with Gasteiger partial charge in [-0.05, 0) is 45.5 Å². The first-order valence-corrected chi connectivity index (χ1v) is 7.98. The third-order valence-electron chi connectivity index (χ3n) is 3.69. The highest BCUT2D eigenvalue weighted by Gasteiger charge is 2.33. The van der Waals surface area contributed by atoms with Crippen LogP contribution < -0.4 is 5.32 Å². The van der Waals surface area contributed by atoms with Crippen LogP contribution in [-0.4, -0.2) is 44.1 Å². The normalized spacial score (nSPS) is 14.6. The third-order valence-corrected chi connectivity index (χ3v) is 5.75. The lowest BCUT2D eigenvalue weighted by Gasteiger charge is -2.32. The van der Waals surface area contributed by atoms with Gasteiger partial charge in [0.05, 0.1) is 17.0 Å². The van der Waals surface area contributed by atoms with Crippen molar-refractivity contribution < 1.29 is 13.5 Å². The molecule has 1 aromatic carbocycles. The fourth-order valence-electron chi connectivity index (χ4n) is 1.69. The molecule has 0 radical (unpaired) electrons. The van der Waals surface area contributed by atoms with Gasteiger partial charge >= 0.3 is 0 Å². The van der Waals surface area contributed by atoms with Crippen LogP contribution in [-0.2, 0) is 10.0 Å². The van der Waals surface area contributed by atoms with Crippen molar-refractivity contribution in [1.82, 2.24) is 9.62 Å². The molecule has 1 atom stereocenters. The van der Waals surface area contributed by atoms with E-state index in [2.05, 4.69) is 5.32 Å². The number of aliphatic hydroxyl groups is 1. The van der Waals surface area contributed by atoms with E-state index in [0.29, 0.717) is 0 Å². The Kier molecular flexibility index (Phi) is 5.32. The lowest BCUT2D eigenvalue weighted by Crippen LogP contribution is -2.47. The number of hydrogen-bond donors (Lipinski definition) is 2. The molecule has 0 aliphatic carbocycles. The Labute approximate surface area is 121 Å². The molecule has 1 aromatic rings. The molecule has 20 heavy (non-hydrogen) atoms. The number of benzene rings is 1. The second-order valence-corrected chi connectivity index (χ2v) is 7.50. The Bertz CT molecular complexity index is 555. The molecule has 0 spiro atoms. The standard InChI is InChI=1S/C14H24N2O3S/c1-11(15-4)12-7-6-8-13(9-12)20(18,19)16(5)14(2,3)10-17/h6-9,11,15,17H,10H2,1-5H3. The van der Waals surface area contributed by atoms with Crippen molar-refractivity contribution >= 4 is 10.0 Å². The quantitative estimate of drug-likeness (QED) is 0.832. The molecule has 0 aromatic heterocycles. The number of aliphatic hydroxyl groups excluding tert-OH is 1. The molecule has 0 saturated heterocycles. The van der Waals surface area contributed by atoms with Gasteiger partial charge in [-0.3, -0.25) is 0 Å². The van der Waals surface area contributed by atoms with Crippen molar-refractivity contribution in [3.8, 4) is 0 Å². The van der Waals surface area contributed by atoms with Crippen LogP contribution in [0.1, 0.15) is 32.4 Å². The van der Waals surface area contributed by atoms with E-state index in [4.69, 9.17) is 0 Å². The SMILES string of the molecule is CNC(C)c1cccc(S(=O)(=O)N(C)C(C)(C)CO)c1. The summed E-state index contributed by atoms with van der Waals surface area (Å²) in [6.07, 6.45) is 0. The Morgan fingerprint density at radius 2 is 2.00 bits per heavy atom. The second kappa shape index (κ2) is 6.22. The summed E-state index contributed by atoms with van der Waals surface area (Å²) < 4.78 is 26.4. The average Bonchev–Trinajstić information content (AvgIpc) is 2.45. The molecule has 1 rings (SSSR count). The minimum absolute atomic E-state index is 0.0707. The van der Waals surface area contributed by atoms with Crippen LogP contribution in [0.5, 0.6) is 0 Å². The van der Waals surface area contributed by atoms with Gasteiger partial charge in [-0.2, -0.15) is 4.31 Å². The maximum Gasteiger partial charge on any atom is 0.243 e. The minimum Gasteiger partial charge on any atom is -0.394 e. The van der Waals surface area contributed by atoms with E-state index in [0.717, 1.165) is 5.56 Å². The van der Waals surface area contributed by atoms with Crippen LogP contribution in [0.3, 0.4) is 0 Å². The maximum absolute atomic E-state index is 12.6. The molecule has 0 aliphatic rings. The van der Waals surface area contributed by atoms with E-state index in [-0.39, 0.29) is 17.5 Å². The third kappa shape index (κ3) is 3.38. The first kappa shape index (κ1) is 17.1. The van der Waals surface area contributed by atoms with Crippen LogP contribution in [0.2, 0.25) is 0 Å². The van der Waals surface area contributed by atoms with Gasteiger partial charge in [-0.15, -0.1) is 0 Å². The van der Waals surface area contributed by atoms with Crippen molar-refractivity contribution in [3.05, 3.63) is 29.8 Å². The molecular weight excluding hydrogens is 276 g/mol. The van der Waals surface area contributed by atoms with Gasteiger partial charge in [-0.1, -0.05) is 12.1 Å². The van der Waals surface area contributed by atoms with Crippen molar-refractivity contribution in [2.45, 2.75) is 37.2 Å². The molecule has 1 unspecified atom stereocenters. The van der Waals surface area contributed by atoms with Crippen molar-refractivity contribution in [3.63, 3.8) is 0 Å². The summed E-state index contributed by atoms with van der Waals surface area (Å²) in [4.78, 5) is 0.237. The first-order valence-electron chi connectivity index (χ1n) is 6.54.